The molecule has 0 saturated heterocycles. The smallest absolute Gasteiger partial charge is 0.328 e. The van der Waals surface area contributed by atoms with Crippen molar-refractivity contribution < 1.29 is 19.4 Å². The number of benzene rings is 1. The first-order chi connectivity index (χ1) is 8.36. The molecule has 5 nitrogen and oxygen atoms in total. The number of nitrogens with one attached hydrogen (secondary N) is 1. The second kappa shape index (κ2) is 5.53. The van der Waals surface area contributed by atoms with Crippen LogP contribution in [0, 0.1) is 0 Å². The summed E-state index contributed by atoms with van der Waals surface area (Å²) in [6, 6.07) is 6.54. The van der Waals surface area contributed by atoms with E-state index in [2.05, 4.69) is 5.32 Å². The van der Waals surface area contributed by atoms with E-state index in [1.165, 1.54) is 13.8 Å². The van der Waals surface area contributed by atoms with Crippen molar-refractivity contribution in [2.75, 3.05) is 6.61 Å². The number of rotatable bonds is 5. The Hall–Kier alpha value is -2.04. The molecular weight excluding hydrogens is 234 g/mol. The van der Waals surface area contributed by atoms with E-state index in [1.807, 2.05) is 6.92 Å². The van der Waals surface area contributed by atoms with E-state index in [4.69, 9.17) is 9.84 Å². The Kier molecular flexibility index (Phi) is 4.31. The summed E-state index contributed by atoms with van der Waals surface area (Å²) in [6.07, 6.45) is 0. The number of carboxylic acid groups (broad SMARTS) is 1. The van der Waals surface area contributed by atoms with Gasteiger partial charge in [-0.15, -0.1) is 0 Å². The molecule has 1 amide bonds. The van der Waals surface area contributed by atoms with Crippen LogP contribution in [-0.2, 0) is 4.79 Å². The lowest BCUT2D eigenvalue weighted by molar-refractivity contribution is -0.143. The maximum atomic E-state index is 11.8. The van der Waals surface area contributed by atoms with Crippen LogP contribution in [0.25, 0.3) is 0 Å². The molecule has 5 heteroatoms. The summed E-state index contributed by atoms with van der Waals surface area (Å²) in [6.45, 7) is 5.29. The summed E-state index contributed by atoms with van der Waals surface area (Å²) in [5.74, 6) is -0.834. The van der Waals surface area contributed by atoms with Gasteiger partial charge in [0.05, 0.1) is 6.61 Å². The third-order valence-electron chi connectivity index (χ3n) is 2.39. The molecule has 1 aromatic rings. The Morgan fingerprint density at radius 2 is 1.83 bits per heavy atom. The number of carbonyl (C=O) groups is 2. The molecule has 18 heavy (non-hydrogen) atoms. The van der Waals surface area contributed by atoms with E-state index >= 15 is 0 Å². The van der Waals surface area contributed by atoms with Gasteiger partial charge in [-0.3, -0.25) is 4.79 Å². The zero-order chi connectivity index (χ0) is 13.8. The monoisotopic (exact) mass is 251 g/mol. The molecule has 0 atom stereocenters. The number of ether oxygens (including phenoxy) is 1. The molecule has 1 aromatic carbocycles. The van der Waals surface area contributed by atoms with Crippen LogP contribution in [0.2, 0.25) is 0 Å². The second-order valence-electron chi connectivity index (χ2n) is 4.34. The summed E-state index contributed by atoms with van der Waals surface area (Å²) >= 11 is 0. The van der Waals surface area contributed by atoms with Gasteiger partial charge in [0.1, 0.15) is 11.3 Å². The molecule has 0 spiro atoms. The molecule has 98 valence electrons. The SMILES string of the molecule is CCOc1ccc(C(=O)NC(C)(C)C(=O)O)cc1. The first kappa shape index (κ1) is 14.0. The molecule has 0 unspecified atom stereocenters. The first-order valence-corrected chi connectivity index (χ1v) is 5.65. The molecule has 0 aliphatic heterocycles. The Morgan fingerprint density at radius 3 is 2.28 bits per heavy atom. The van der Waals surface area contributed by atoms with Crippen molar-refractivity contribution >= 4 is 11.9 Å². The van der Waals surface area contributed by atoms with Crippen molar-refractivity contribution in [1.29, 1.82) is 0 Å². The van der Waals surface area contributed by atoms with Crippen molar-refractivity contribution in [3.05, 3.63) is 29.8 Å². The van der Waals surface area contributed by atoms with Gasteiger partial charge in [0, 0.05) is 5.56 Å². The van der Waals surface area contributed by atoms with E-state index in [0.29, 0.717) is 17.9 Å². The van der Waals surface area contributed by atoms with Crippen LogP contribution in [0.1, 0.15) is 31.1 Å². The highest BCUT2D eigenvalue weighted by molar-refractivity contribution is 5.97. The van der Waals surface area contributed by atoms with Gasteiger partial charge >= 0.3 is 5.97 Å². The molecule has 0 heterocycles. The van der Waals surface area contributed by atoms with Crippen LogP contribution >= 0.6 is 0 Å². The van der Waals surface area contributed by atoms with Crippen LogP contribution in [0.3, 0.4) is 0 Å². The fourth-order valence-electron chi connectivity index (χ4n) is 1.28. The number of hydrogen-bond donors (Lipinski definition) is 2. The molecule has 2 N–H and O–H groups in total. The molecule has 0 radical (unpaired) electrons. The molecule has 0 fully saturated rings. The number of aliphatic carboxylic acids is 1. The quantitative estimate of drug-likeness (QED) is 0.834. The van der Waals surface area contributed by atoms with Gasteiger partial charge in [-0.2, -0.15) is 0 Å². The lowest BCUT2D eigenvalue weighted by atomic mass is 10.1. The minimum Gasteiger partial charge on any atom is -0.494 e. The van der Waals surface area contributed by atoms with Crippen LogP contribution in [0.15, 0.2) is 24.3 Å². The van der Waals surface area contributed by atoms with Crippen LogP contribution in [0.4, 0.5) is 0 Å². The van der Waals surface area contributed by atoms with Gasteiger partial charge in [0.2, 0.25) is 0 Å². The molecule has 0 bridgehead atoms. The highest BCUT2D eigenvalue weighted by Crippen LogP contribution is 2.13. The van der Waals surface area contributed by atoms with Gasteiger partial charge in [0.15, 0.2) is 0 Å². The van der Waals surface area contributed by atoms with E-state index in [-0.39, 0.29) is 0 Å². The average molecular weight is 251 g/mol. The molecule has 0 saturated carbocycles. The Morgan fingerprint density at radius 1 is 1.28 bits per heavy atom. The molecule has 0 aromatic heterocycles. The molecule has 1 rings (SSSR count). The lowest BCUT2D eigenvalue weighted by Crippen LogP contribution is -2.49. The van der Waals surface area contributed by atoms with E-state index < -0.39 is 17.4 Å². The Bertz CT molecular complexity index is 437. The van der Waals surface area contributed by atoms with E-state index in [0.717, 1.165) is 0 Å². The number of carbonyl (C=O) groups excluding carboxylic acids is 1. The van der Waals surface area contributed by atoms with Crippen molar-refractivity contribution in [2.45, 2.75) is 26.3 Å². The van der Waals surface area contributed by atoms with Gasteiger partial charge in [-0.1, -0.05) is 0 Å². The summed E-state index contributed by atoms with van der Waals surface area (Å²) < 4.78 is 5.25. The predicted molar refractivity (Wildman–Crippen MR) is 66.8 cm³/mol. The molecular formula is C13H17NO4. The molecule has 0 aliphatic rings. The fraction of sp³-hybridized carbons (Fsp3) is 0.385. The van der Waals surface area contributed by atoms with Gasteiger partial charge in [-0.05, 0) is 45.0 Å². The highest BCUT2D eigenvalue weighted by atomic mass is 16.5. The predicted octanol–water partition coefficient (Wildman–Crippen LogP) is 1.68. The van der Waals surface area contributed by atoms with Crippen LogP contribution in [-0.4, -0.2) is 29.1 Å². The summed E-state index contributed by atoms with van der Waals surface area (Å²) in [4.78, 5) is 22.7. The van der Waals surface area contributed by atoms with Crippen molar-refractivity contribution in [2.24, 2.45) is 0 Å². The van der Waals surface area contributed by atoms with Crippen molar-refractivity contribution in [3.8, 4) is 5.75 Å². The zero-order valence-electron chi connectivity index (χ0n) is 10.7. The van der Waals surface area contributed by atoms with Crippen molar-refractivity contribution in [1.82, 2.24) is 5.32 Å². The average Bonchev–Trinajstić information content (AvgIpc) is 2.29. The van der Waals surface area contributed by atoms with Gasteiger partial charge in [-0.25, -0.2) is 4.79 Å². The number of hydrogen-bond acceptors (Lipinski definition) is 3. The minimum atomic E-state index is -1.30. The summed E-state index contributed by atoms with van der Waals surface area (Å²) in [5, 5.41) is 11.4. The third-order valence-corrected chi connectivity index (χ3v) is 2.39. The maximum Gasteiger partial charge on any atom is 0.328 e. The largest absolute Gasteiger partial charge is 0.494 e. The minimum absolute atomic E-state index is 0.396. The van der Waals surface area contributed by atoms with Crippen LogP contribution < -0.4 is 10.1 Å². The standard InChI is InChI=1S/C13H17NO4/c1-4-18-10-7-5-9(6-8-10)11(15)14-13(2,3)12(16)17/h5-8H,4H2,1-3H3,(H,14,15)(H,16,17). The summed E-state index contributed by atoms with van der Waals surface area (Å²) in [7, 11) is 0. The third kappa shape index (κ3) is 3.48. The number of carboxylic acids is 1. The topological polar surface area (TPSA) is 75.6 Å². The van der Waals surface area contributed by atoms with Gasteiger partial charge in [0.25, 0.3) is 5.91 Å². The highest BCUT2D eigenvalue weighted by Gasteiger charge is 2.29. The molecule has 0 aliphatic carbocycles. The lowest BCUT2D eigenvalue weighted by Gasteiger charge is -2.20. The Balaban J connectivity index is 2.76. The van der Waals surface area contributed by atoms with E-state index in [1.54, 1.807) is 24.3 Å². The van der Waals surface area contributed by atoms with E-state index in [9.17, 15) is 9.59 Å². The maximum absolute atomic E-state index is 11.8. The Labute approximate surface area is 106 Å². The van der Waals surface area contributed by atoms with Gasteiger partial charge < -0.3 is 15.2 Å². The zero-order valence-corrected chi connectivity index (χ0v) is 10.7. The fourth-order valence-corrected chi connectivity index (χ4v) is 1.28. The number of amides is 1. The first-order valence-electron chi connectivity index (χ1n) is 5.65. The summed E-state index contributed by atoms with van der Waals surface area (Å²) in [5.41, 5.74) is -0.900. The van der Waals surface area contributed by atoms with Crippen LogP contribution in [0.5, 0.6) is 5.75 Å². The van der Waals surface area contributed by atoms with Crippen molar-refractivity contribution in [3.63, 3.8) is 0 Å². The second-order valence-corrected chi connectivity index (χ2v) is 4.34. The normalized spacial score (nSPS) is 10.8.